The van der Waals surface area contributed by atoms with Crippen LogP contribution in [0.1, 0.15) is 36.1 Å². The Morgan fingerprint density at radius 1 is 1.15 bits per heavy atom. The van der Waals surface area contributed by atoms with E-state index in [0.717, 1.165) is 27.7 Å². The number of anilines is 1. The van der Waals surface area contributed by atoms with Crippen molar-refractivity contribution in [1.82, 2.24) is 0 Å². The van der Waals surface area contributed by atoms with Crippen LogP contribution in [-0.4, -0.2) is 5.11 Å². The molecule has 106 valence electrons. The van der Waals surface area contributed by atoms with E-state index in [0.29, 0.717) is 5.75 Å². The maximum Gasteiger partial charge on any atom is 0.118 e. The van der Waals surface area contributed by atoms with Crippen molar-refractivity contribution in [2.45, 2.75) is 33.2 Å². The van der Waals surface area contributed by atoms with Gasteiger partial charge in [-0.25, -0.2) is 0 Å². The zero-order chi connectivity index (χ0) is 14.7. The standard InChI is InChI=1S/C17H20BrNO/c1-4-15(13-6-5-7-14(18)10-13)19-16-8-12(3)17(20)9-11(16)2/h5-10,15,19-20H,4H2,1-3H3. The van der Waals surface area contributed by atoms with Crippen LogP contribution in [0, 0.1) is 13.8 Å². The first-order chi connectivity index (χ1) is 9.51. The number of aryl methyl sites for hydroxylation is 2. The smallest absolute Gasteiger partial charge is 0.118 e. The summed E-state index contributed by atoms with van der Waals surface area (Å²) in [6.45, 7) is 6.09. The van der Waals surface area contributed by atoms with E-state index in [9.17, 15) is 5.11 Å². The quantitative estimate of drug-likeness (QED) is 0.740. The Bertz CT molecular complexity index is 610. The van der Waals surface area contributed by atoms with Crippen molar-refractivity contribution >= 4 is 21.6 Å². The summed E-state index contributed by atoms with van der Waals surface area (Å²) in [4.78, 5) is 0. The molecule has 1 unspecified atom stereocenters. The van der Waals surface area contributed by atoms with Crippen molar-refractivity contribution < 1.29 is 5.11 Å². The fourth-order valence-electron chi connectivity index (χ4n) is 2.29. The predicted molar refractivity (Wildman–Crippen MR) is 88.4 cm³/mol. The molecule has 0 aliphatic rings. The van der Waals surface area contributed by atoms with Crippen LogP contribution in [0.2, 0.25) is 0 Å². The molecule has 2 rings (SSSR count). The fourth-order valence-corrected chi connectivity index (χ4v) is 2.71. The van der Waals surface area contributed by atoms with E-state index in [2.05, 4.69) is 46.4 Å². The molecule has 0 radical (unpaired) electrons. The molecule has 0 heterocycles. The van der Waals surface area contributed by atoms with Gasteiger partial charge in [0.1, 0.15) is 5.75 Å². The number of aromatic hydroxyl groups is 1. The first-order valence-electron chi connectivity index (χ1n) is 6.83. The van der Waals surface area contributed by atoms with Crippen molar-refractivity contribution in [3.05, 3.63) is 57.6 Å². The van der Waals surface area contributed by atoms with Gasteiger partial charge in [-0.1, -0.05) is 35.0 Å². The van der Waals surface area contributed by atoms with Crippen molar-refractivity contribution in [2.24, 2.45) is 0 Å². The number of nitrogens with one attached hydrogen (secondary N) is 1. The molecule has 0 aliphatic carbocycles. The predicted octanol–water partition coefficient (Wildman–Crippen LogP) is 5.33. The minimum Gasteiger partial charge on any atom is -0.508 e. The zero-order valence-corrected chi connectivity index (χ0v) is 13.7. The van der Waals surface area contributed by atoms with Gasteiger partial charge in [-0.3, -0.25) is 0 Å². The number of rotatable bonds is 4. The Morgan fingerprint density at radius 2 is 1.90 bits per heavy atom. The minimum atomic E-state index is 0.259. The van der Waals surface area contributed by atoms with Crippen molar-refractivity contribution in [2.75, 3.05) is 5.32 Å². The van der Waals surface area contributed by atoms with Gasteiger partial charge in [-0.2, -0.15) is 0 Å². The van der Waals surface area contributed by atoms with E-state index >= 15 is 0 Å². The second kappa shape index (κ2) is 6.31. The molecule has 0 aliphatic heterocycles. The zero-order valence-electron chi connectivity index (χ0n) is 12.1. The Labute approximate surface area is 129 Å². The normalized spacial score (nSPS) is 12.2. The molecule has 2 aromatic rings. The van der Waals surface area contributed by atoms with Gasteiger partial charge in [0.15, 0.2) is 0 Å². The Balaban J connectivity index is 2.29. The molecule has 3 heteroatoms. The topological polar surface area (TPSA) is 32.3 Å². The molecule has 0 amide bonds. The lowest BCUT2D eigenvalue weighted by Crippen LogP contribution is -2.10. The summed E-state index contributed by atoms with van der Waals surface area (Å²) < 4.78 is 1.09. The highest BCUT2D eigenvalue weighted by atomic mass is 79.9. The lowest BCUT2D eigenvalue weighted by atomic mass is 10.0. The second-order valence-electron chi connectivity index (χ2n) is 5.11. The van der Waals surface area contributed by atoms with E-state index in [4.69, 9.17) is 0 Å². The fraction of sp³-hybridized carbons (Fsp3) is 0.294. The van der Waals surface area contributed by atoms with E-state index < -0.39 is 0 Å². The lowest BCUT2D eigenvalue weighted by Gasteiger charge is -2.21. The largest absolute Gasteiger partial charge is 0.508 e. The van der Waals surface area contributed by atoms with Crippen LogP contribution in [0.5, 0.6) is 5.75 Å². The number of benzene rings is 2. The van der Waals surface area contributed by atoms with Crippen molar-refractivity contribution in [3.8, 4) is 5.75 Å². The van der Waals surface area contributed by atoms with Crippen LogP contribution in [0.3, 0.4) is 0 Å². The molecule has 0 bridgehead atoms. The average Bonchev–Trinajstić information content (AvgIpc) is 2.41. The third-order valence-electron chi connectivity index (χ3n) is 3.53. The summed E-state index contributed by atoms with van der Waals surface area (Å²) in [6, 6.07) is 12.4. The highest BCUT2D eigenvalue weighted by molar-refractivity contribution is 9.10. The molecule has 0 saturated heterocycles. The minimum absolute atomic E-state index is 0.259. The first kappa shape index (κ1) is 14.9. The van der Waals surface area contributed by atoms with Crippen LogP contribution in [0.15, 0.2) is 40.9 Å². The van der Waals surface area contributed by atoms with Gasteiger partial charge in [-0.15, -0.1) is 0 Å². The third kappa shape index (κ3) is 3.34. The number of phenols is 1. The molecule has 0 fully saturated rings. The van der Waals surface area contributed by atoms with Gasteiger partial charge < -0.3 is 10.4 Å². The van der Waals surface area contributed by atoms with Crippen LogP contribution < -0.4 is 5.32 Å². The molecular weight excluding hydrogens is 314 g/mol. The SMILES string of the molecule is CCC(Nc1cc(C)c(O)cc1C)c1cccc(Br)c1. The number of hydrogen-bond acceptors (Lipinski definition) is 2. The summed E-state index contributed by atoms with van der Waals surface area (Å²) in [5, 5.41) is 13.3. The molecule has 0 spiro atoms. The molecule has 2 nitrogen and oxygen atoms in total. The summed E-state index contributed by atoms with van der Waals surface area (Å²) in [7, 11) is 0. The van der Waals surface area contributed by atoms with Crippen LogP contribution >= 0.6 is 15.9 Å². The molecule has 20 heavy (non-hydrogen) atoms. The lowest BCUT2D eigenvalue weighted by molar-refractivity contribution is 0.470. The second-order valence-corrected chi connectivity index (χ2v) is 6.03. The maximum absolute atomic E-state index is 9.74. The summed E-state index contributed by atoms with van der Waals surface area (Å²) in [5.41, 5.74) is 4.28. The molecule has 0 saturated carbocycles. The number of phenolic OH excluding ortho intramolecular Hbond substituents is 1. The Kier molecular flexibility index (Phi) is 4.71. The van der Waals surface area contributed by atoms with E-state index in [1.54, 1.807) is 0 Å². The van der Waals surface area contributed by atoms with Crippen LogP contribution in [-0.2, 0) is 0 Å². The van der Waals surface area contributed by atoms with Gasteiger partial charge in [0, 0.05) is 10.2 Å². The summed E-state index contributed by atoms with van der Waals surface area (Å²) in [6.07, 6.45) is 0.996. The van der Waals surface area contributed by atoms with E-state index in [1.165, 1.54) is 5.56 Å². The van der Waals surface area contributed by atoms with Crippen LogP contribution in [0.4, 0.5) is 5.69 Å². The van der Waals surface area contributed by atoms with Gasteiger partial charge >= 0.3 is 0 Å². The molecule has 0 aromatic heterocycles. The van der Waals surface area contributed by atoms with Gasteiger partial charge in [-0.05, 0) is 61.2 Å². The monoisotopic (exact) mass is 333 g/mol. The van der Waals surface area contributed by atoms with Crippen LogP contribution in [0.25, 0.3) is 0 Å². The third-order valence-corrected chi connectivity index (χ3v) is 4.03. The molecule has 2 aromatic carbocycles. The highest BCUT2D eigenvalue weighted by Crippen LogP contribution is 2.30. The summed E-state index contributed by atoms with van der Waals surface area (Å²) >= 11 is 3.52. The molecule has 1 atom stereocenters. The highest BCUT2D eigenvalue weighted by Gasteiger charge is 2.12. The van der Waals surface area contributed by atoms with Crippen molar-refractivity contribution in [1.29, 1.82) is 0 Å². The maximum atomic E-state index is 9.74. The Morgan fingerprint density at radius 3 is 2.55 bits per heavy atom. The molecule has 2 N–H and O–H groups in total. The molecular formula is C17H20BrNO. The summed E-state index contributed by atoms with van der Waals surface area (Å²) in [5.74, 6) is 0.351. The van der Waals surface area contributed by atoms with E-state index in [-0.39, 0.29) is 6.04 Å². The first-order valence-corrected chi connectivity index (χ1v) is 7.62. The van der Waals surface area contributed by atoms with E-state index in [1.807, 2.05) is 32.0 Å². The number of hydrogen-bond donors (Lipinski definition) is 2. The van der Waals surface area contributed by atoms with Gasteiger partial charge in [0.2, 0.25) is 0 Å². The average molecular weight is 334 g/mol. The Hall–Kier alpha value is -1.48. The van der Waals surface area contributed by atoms with Gasteiger partial charge in [0.25, 0.3) is 0 Å². The van der Waals surface area contributed by atoms with Crippen molar-refractivity contribution in [3.63, 3.8) is 0 Å². The van der Waals surface area contributed by atoms with Gasteiger partial charge in [0.05, 0.1) is 6.04 Å². The number of halogens is 1.